The Morgan fingerprint density at radius 1 is 0.714 bits per heavy atom. The predicted molar refractivity (Wildman–Crippen MR) is 181 cm³/mol. The summed E-state index contributed by atoms with van der Waals surface area (Å²) in [7, 11) is -15.7. The number of aryl methyl sites for hydroxylation is 1. The molecule has 1 atom stereocenters. The van der Waals surface area contributed by atoms with Crippen LogP contribution in [0.2, 0.25) is 0 Å². The molecule has 1 aliphatic rings. The first-order valence-electron chi connectivity index (χ1n) is 14.7. The molecule has 56 heavy (non-hydrogen) atoms. The molecule has 1 aliphatic heterocycles. The van der Waals surface area contributed by atoms with E-state index in [1.165, 1.54) is 6.92 Å². The number of para-hydroxylation sites is 1. The van der Waals surface area contributed by atoms with Crippen molar-refractivity contribution in [2.75, 3.05) is 15.6 Å². The molecule has 0 bridgehead atoms. The van der Waals surface area contributed by atoms with Crippen LogP contribution in [0.4, 0.5) is 39.0 Å². The molecule has 5 aromatic rings. The van der Waals surface area contributed by atoms with Crippen LogP contribution in [0.15, 0.2) is 103 Å². The maximum atomic E-state index is 14.4. The van der Waals surface area contributed by atoms with E-state index in [4.69, 9.17) is 0 Å². The first kappa shape index (κ1) is 47.5. The van der Waals surface area contributed by atoms with Gasteiger partial charge in [-0.2, -0.15) is 39.7 Å². The molecule has 0 radical (unpaired) electrons. The number of benzene rings is 4. The molecule has 2 heterocycles. The third-order valence-electron chi connectivity index (χ3n) is 7.55. The average molecular weight is 852 g/mol. The van der Waals surface area contributed by atoms with Crippen LogP contribution in [-0.2, 0) is 35.1 Å². The number of carbonyl (C=O) groups is 1. The standard InChI is InChI=1S/C30H24FN9O10S3.3Na/c1-15-6-3-4-8-21(15)33-30-35-28(31)34-29(36-30)32-17-10-11-24(52(45,46)47)22(12-17)37-38-26-16(2)39-40(27(26)41)18-13-20-19(25(14-18)53(48,49)50)7-5-9-23(20)51(42,43)44;;;/h3-14,26H,1-2H3,(H,42,43,44)(H,45,46,47)(H,48,49,50)(H2,32,33,34,35,36);;;/q;3*+1/p-3. The van der Waals surface area contributed by atoms with Crippen LogP contribution in [0.25, 0.3) is 10.8 Å². The van der Waals surface area contributed by atoms with Gasteiger partial charge in [0.05, 0.1) is 26.1 Å². The Balaban J connectivity index is 0.00000280. The van der Waals surface area contributed by atoms with E-state index in [0.29, 0.717) is 10.7 Å². The predicted octanol–water partition coefficient (Wildman–Crippen LogP) is -5.44. The fraction of sp³-hybridized carbons (Fsp3) is 0.100. The van der Waals surface area contributed by atoms with Gasteiger partial charge in [-0.05, 0) is 61.9 Å². The zero-order valence-corrected chi connectivity index (χ0v) is 38.3. The minimum absolute atomic E-state index is 0. The van der Waals surface area contributed by atoms with Gasteiger partial charge in [0.25, 0.3) is 5.91 Å². The van der Waals surface area contributed by atoms with Crippen LogP contribution in [0.5, 0.6) is 0 Å². The number of hydrazone groups is 1. The van der Waals surface area contributed by atoms with Gasteiger partial charge in [-0.1, -0.05) is 30.3 Å². The normalized spacial score (nSPS) is 14.5. The molecule has 274 valence electrons. The molecule has 1 amide bonds. The molecule has 0 spiro atoms. The molecule has 0 saturated heterocycles. The third kappa shape index (κ3) is 10.6. The topological polar surface area (TPSA) is 292 Å². The van der Waals surface area contributed by atoms with Gasteiger partial charge in [0.15, 0.2) is 6.04 Å². The van der Waals surface area contributed by atoms with Crippen LogP contribution in [-0.4, -0.2) is 71.5 Å². The van der Waals surface area contributed by atoms with Crippen molar-refractivity contribution >= 4 is 87.4 Å². The van der Waals surface area contributed by atoms with Gasteiger partial charge in [0, 0.05) is 22.1 Å². The van der Waals surface area contributed by atoms with E-state index in [1.54, 1.807) is 31.2 Å². The number of fused-ring (bicyclic) bond motifs is 1. The van der Waals surface area contributed by atoms with Gasteiger partial charge in [-0.25, -0.2) is 25.3 Å². The number of halogens is 1. The fourth-order valence-electron chi connectivity index (χ4n) is 5.16. The van der Waals surface area contributed by atoms with Crippen molar-refractivity contribution in [2.45, 2.75) is 34.6 Å². The minimum Gasteiger partial charge on any atom is -0.744 e. The van der Waals surface area contributed by atoms with E-state index in [0.717, 1.165) is 54.1 Å². The Morgan fingerprint density at radius 3 is 1.96 bits per heavy atom. The van der Waals surface area contributed by atoms with E-state index >= 15 is 0 Å². The van der Waals surface area contributed by atoms with Crippen LogP contribution in [0.3, 0.4) is 0 Å². The van der Waals surface area contributed by atoms with Crippen LogP contribution < -0.4 is 104 Å². The number of nitrogens with one attached hydrogen (secondary N) is 2. The van der Waals surface area contributed by atoms with Gasteiger partial charge in [0.1, 0.15) is 36.0 Å². The van der Waals surface area contributed by atoms with Crippen molar-refractivity contribution in [1.82, 2.24) is 15.0 Å². The minimum atomic E-state index is -5.31. The summed E-state index contributed by atoms with van der Waals surface area (Å²) in [5, 5.41) is 16.9. The molecule has 0 aliphatic carbocycles. The Labute approximate surface area is 384 Å². The number of hydrogen-bond donors (Lipinski definition) is 2. The molecule has 0 saturated carbocycles. The Bertz CT molecular complexity index is 2760. The summed E-state index contributed by atoms with van der Waals surface area (Å²) in [4.78, 5) is 22.1. The van der Waals surface area contributed by atoms with E-state index in [2.05, 4.69) is 40.9 Å². The maximum absolute atomic E-state index is 14.4. The SMILES string of the molecule is CC1=NN(c2cc(S(=O)(=O)[O-])c3cccc(S(=O)(=O)[O-])c3c2)C(=O)C1N=Nc1cc(Nc2nc(F)nc(Nc3ccccc3C)n2)ccc1S(=O)(=O)[O-].[Na+].[Na+].[Na+]. The molecule has 1 unspecified atom stereocenters. The zero-order valence-electron chi connectivity index (χ0n) is 29.8. The molecule has 2 N–H and O–H groups in total. The van der Waals surface area contributed by atoms with Crippen molar-refractivity contribution in [3.05, 3.63) is 84.4 Å². The maximum Gasteiger partial charge on any atom is 1.00 e. The van der Waals surface area contributed by atoms with Crippen molar-refractivity contribution in [3.8, 4) is 0 Å². The molecule has 1 aromatic heterocycles. The summed E-state index contributed by atoms with van der Waals surface area (Å²) >= 11 is 0. The van der Waals surface area contributed by atoms with Gasteiger partial charge < -0.3 is 24.3 Å². The van der Waals surface area contributed by atoms with Crippen LogP contribution >= 0.6 is 0 Å². The van der Waals surface area contributed by atoms with E-state index in [9.17, 15) is 48.1 Å². The Kier molecular flexibility index (Phi) is 15.6. The van der Waals surface area contributed by atoms with Gasteiger partial charge >= 0.3 is 94.8 Å². The molecule has 26 heteroatoms. The number of azo groups is 1. The van der Waals surface area contributed by atoms with E-state index < -0.39 is 85.2 Å². The molecular weight excluding hydrogens is 831 g/mol. The second-order valence-electron chi connectivity index (χ2n) is 11.2. The fourth-order valence-corrected chi connectivity index (χ4v) is 7.15. The first-order valence-corrected chi connectivity index (χ1v) is 18.9. The summed E-state index contributed by atoms with van der Waals surface area (Å²) < 4.78 is 123. The molecule has 19 nitrogen and oxygen atoms in total. The second kappa shape index (κ2) is 18.4. The monoisotopic (exact) mass is 851 g/mol. The number of aromatic nitrogens is 3. The zero-order chi connectivity index (χ0) is 38.5. The summed E-state index contributed by atoms with van der Waals surface area (Å²) in [5.74, 6) is -1.54. The van der Waals surface area contributed by atoms with Crippen LogP contribution in [0.1, 0.15) is 12.5 Å². The second-order valence-corrected chi connectivity index (χ2v) is 15.2. The van der Waals surface area contributed by atoms with Crippen molar-refractivity contribution < 1.29 is 137 Å². The number of carbonyl (C=O) groups excluding carboxylic acids is 1. The van der Waals surface area contributed by atoms with E-state index in [-0.39, 0.29) is 112 Å². The number of nitrogens with zero attached hydrogens (tertiary/aromatic N) is 7. The smallest absolute Gasteiger partial charge is 0.744 e. The van der Waals surface area contributed by atoms with Crippen molar-refractivity contribution in [1.29, 1.82) is 0 Å². The number of hydrogen-bond acceptors (Lipinski definition) is 18. The van der Waals surface area contributed by atoms with Crippen molar-refractivity contribution in [3.63, 3.8) is 0 Å². The molecule has 0 fully saturated rings. The Morgan fingerprint density at radius 2 is 1.34 bits per heavy atom. The number of anilines is 5. The molecule has 6 rings (SSSR count). The van der Waals surface area contributed by atoms with Crippen LogP contribution in [0, 0.1) is 13.0 Å². The summed E-state index contributed by atoms with van der Waals surface area (Å²) in [6.07, 6.45) is -1.17. The largest absolute Gasteiger partial charge is 1.00 e. The Hall–Kier alpha value is -2.85. The van der Waals surface area contributed by atoms with Gasteiger partial charge in [-0.15, -0.1) is 0 Å². The molecule has 4 aromatic carbocycles. The van der Waals surface area contributed by atoms with Crippen molar-refractivity contribution in [2.24, 2.45) is 15.3 Å². The average Bonchev–Trinajstić information content (AvgIpc) is 3.34. The quantitative estimate of drug-likeness (QED) is 0.0753. The van der Waals surface area contributed by atoms with Gasteiger partial charge in [0.2, 0.25) is 11.9 Å². The summed E-state index contributed by atoms with van der Waals surface area (Å²) in [5.41, 5.74) is 0.276. The number of amides is 1. The van der Waals surface area contributed by atoms with E-state index in [1.807, 2.05) is 0 Å². The molecular formula is C30H21FN9Na3O10S3. The first-order chi connectivity index (χ1) is 24.8. The summed E-state index contributed by atoms with van der Waals surface area (Å²) in [6.45, 7) is 3.09. The summed E-state index contributed by atoms with van der Waals surface area (Å²) in [6, 6.07) is 13.2. The van der Waals surface area contributed by atoms with Gasteiger partial charge in [-0.3, -0.25) is 4.79 Å². The third-order valence-corrected chi connectivity index (χ3v) is 10.2. The number of rotatable bonds is 10.